The summed E-state index contributed by atoms with van der Waals surface area (Å²) >= 11 is 0. The molecule has 0 spiro atoms. The number of hydrogen-bond acceptors (Lipinski definition) is 2. The molecule has 0 radical (unpaired) electrons. The van der Waals surface area contributed by atoms with Crippen LogP contribution in [0.3, 0.4) is 0 Å². The normalized spacial score (nSPS) is 11.5. The maximum atomic E-state index is 13.4. The van der Waals surface area contributed by atoms with Crippen LogP contribution in [-0.2, 0) is 0 Å². The smallest absolute Gasteiger partial charge is 0.201 e. The molecule has 0 unspecified atom stereocenters. The van der Waals surface area contributed by atoms with E-state index in [4.69, 9.17) is 4.42 Å². The van der Waals surface area contributed by atoms with E-state index in [2.05, 4.69) is 0 Å². The van der Waals surface area contributed by atoms with Gasteiger partial charge in [0.1, 0.15) is 11.2 Å². The number of benzene rings is 3. The van der Waals surface area contributed by atoms with Gasteiger partial charge in [-0.2, -0.15) is 0 Å². The Morgan fingerprint density at radius 2 is 1.57 bits per heavy atom. The first kappa shape index (κ1) is 12.0. The molecule has 3 aromatic carbocycles. The van der Waals surface area contributed by atoms with Crippen LogP contribution >= 0.6 is 0 Å². The Kier molecular flexibility index (Phi) is 2.36. The van der Waals surface area contributed by atoms with Gasteiger partial charge in [0, 0.05) is 6.07 Å². The molecule has 0 saturated carbocycles. The lowest BCUT2D eigenvalue weighted by atomic mass is 10.0. The summed E-state index contributed by atoms with van der Waals surface area (Å²) in [4.78, 5) is 12.6. The lowest BCUT2D eigenvalue weighted by molar-refractivity contribution is 0.507. The zero-order chi connectivity index (χ0) is 14.6. The van der Waals surface area contributed by atoms with E-state index in [1.807, 2.05) is 24.3 Å². The van der Waals surface area contributed by atoms with Crippen LogP contribution < -0.4 is 5.43 Å². The van der Waals surface area contributed by atoms with Crippen LogP contribution in [0.25, 0.3) is 32.7 Å². The maximum Gasteiger partial charge on any atom is 0.201 e. The fraction of sp³-hybridized carbons (Fsp3) is 0. The molecule has 4 rings (SSSR count). The first-order valence-corrected chi connectivity index (χ1v) is 6.38. The van der Waals surface area contributed by atoms with Gasteiger partial charge in [0.05, 0.1) is 10.8 Å². The van der Waals surface area contributed by atoms with Crippen molar-refractivity contribution >= 4 is 32.7 Å². The average molecular weight is 282 g/mol. The van der Waals surface area contributed by atoms with Crippen molar-refractivity contribution < 1.29 is 13.2 Å². The molecule has 0 N–H and O–H groups in total. The Balaban J connectivity index is 2.31. The zero-order valence-corrected chi connectivity index (χ0v) is 10.7. The predicted octanol–water partition coefficient (Wildman–Crippen LogP) is 4.38. The SMILES string of the molecule is O=c1c2cc(F)c(F)cc2oc2ccc3ccccc3c12. The third kappa shape index (κ3) is 1.65. The molecular formula is C17H8F2O2. The molecule has 0 aliphatic heterocycles. The molecule has 0 amide bonds. The highest BCUT2D eigenvalue weighted by Crippen LogP contribution is 2.26. The highest BCUT2D eigenvalue weighted by atomic mass is 19.2. The van der Waals surface area contributed by atoms with Crippen LogP contribution in [0.4, 0.5) is 8.78 Å². The molecule has 102 valence electrons. The molecule has 4 heteroatoms. The van der Waals surface area contributed by atoms with Crippen LogP contribution in [0.1, 0.15) is 0 Å². The lowest BCUT2D eigenvalue weighted by Crippen LogP contribution is -2.04. The second-order valence-corrected chi connectivity index (χ2v) is 4.85. The second kappa shape index (κ2) is 4.12. The number of hydrogen-bond donors (Lipinski definition) is 0. The molecule has 0 atom stereocenters. The largest absolute Gasteiger partial charge is 0.456 e. The fourth-order valence-electron chi connectivity index (χ4n) is 2.61. The molecular weight excluding hydrogens is 274 g/mol. The Morgan fingerprint density at radius 3 is 2.43 bits per heavy atom. The minimum absolute atomic E-state index is 0.0396. The molecule has 0 aliphatic rings. The third-order valence-corrected chi connectivity index (χ3v) is 3.60. The summed E-state index contributed by atoms with van der Waals surface area (Å²) in [6.45, 7) is 0. The van der Waals surface area contributed by atoms with Crippen molar-refractivity contribution in [1.82, 2.24) is 0 Å². The van der Waals surface area contributed by atoms with Gasteiger partial charge in [0.15, 0.2) is 11.6 Å². The van der Waals surface area contributed by atoms with Gasteiger partial charge < -0.3 is 4.42 Å². The molecule has 0 bridgehead atoms. The molecule has 0 fully saturated rings. The number of fused-ring (bicyclic) bond motifs is 4. The van der Waals surface area contributed by atoms with Crippen molar-refractivity contribution in [1.29, 1.82) is 0 Å². The highest BCUT2D eigenvalue weighted by molar-refractivity contribution is 6.08. The molecule has 1 aromatic heterocycles. The molecule has 0 saturated heterocycles. The molecule has 0 aliphatic carbocycles. The summed E-state index contributed by atoms with van der Waals surface area (Å²) in [6.07, 6.45) is 0. The van der Waals surface area contributed by atoms with E-state index in [0.29, 0.717) is 11.0 Å². The summed E-state index contributed by atoms with van der Waals surface area (Å²) in [6, 6.07) is 12.6. The van der Waals surface area contributed by atoms with Gasteiger partial charge >= 0.3 is 0 Å². The van der Waals surface area contributed by atoms with Crippen molar-refractivity contribution in [2.45, 2.75) is 0 Å². The van der Waals surface area contributed by atoms with Crippen molar-refractivity contribution in [3.63, 3.8) is 0 Å². The van der Waals surface area contributed by atoms with Crippen molar-refractivity contribution in [2.75, 3.05) is 0 Å². The van der Waals surface area contributed by atoms with Crippen LogP contribution in [0.15, 0.2) is 57.7 Å². The number of halogens is 2. The molecule has 2 nitrogen and oxygen atoms in total. The minimum atomic E-state index is -1.06. The Hall–Kier alpha value is -2.75. The van der Waals surface area contributed by atoms with E-state index in [1.165, 1.54) is 0 Å². The van der Waals surface area contributed by atoms with Crippen LogP contribution in [0.5, 0.6) is 0 Å². The van der Waals surface area contributed by atoms with Gasteiger partial charge in [0.2, 0.25) is 5.43 Å². The van der Waals surface area contributed by atoms with Crippen molar-refractivity contribution in [3.05, 3.63) is 70.4 Å². The van der Waals surface area contributed by atoms with E-state index in [0.717, 1.165) is 22.9 Å². The van der Waals surface area contributed by atoms with Crippen LogP contribution in [0, 0.1) is 11.6 Å². The van der Waals surface area contributed by atoms with E-state index >= 15 is 0 Å². The van der Waals surface area contributed by atoms with Gasteiger partial charge in [0.25, 0.3) is 0 Å². The van der Waals surface area contributed by atoms with Crippen molar-refractivity contribution in [3.8, 4) is 0 Å². The van der Waals surface area contributed by atoms with E-state index in [1.54, 1.807) is 12.1 Å². The predicted molar refractivity (Wildman–Crippen MR) is 77.4 cm³/mol. The van der Waals surface area contributed by atoms with Crippen LogP contribution in [-0.4, -0.2) is 0 Å². The monoisotopic (exact) mass is 282 g/mol. The van der Waals surface area contributed by atoms with E-state index in [9.17, 15) is 13.6 Å². The zero-order valence-electron chi connectivity index (χ0n) is 10.7. The third-order valence-electron chi connectivity index (χ3n) is 3.60. The average Bonchev–Trinajstić information content (AvgIpc) is 2.49. The molecule has 4 aromatic rings. The van der Waals surface area contributed by atoms with Crippen molar-refractivity contribution in [2.24, 2.45) is 0 Å². The van der Waals surface area contributed by atoms with Gasteiger partial charge in [-0.1, -0.05) is 30.3 Å². The highest BCUT2D eigenvalue weighted by Gasteiger charge is 2.13. The fourth-order valence-corrected chi connectivity index (χ4v) is 2.61. The van der Waals surface area contributed by atoms with Gasteiger partial charge in [-0.3, -0.25) is 4.79 Å². The van der Waals surface area contributed by atoms with Crippen LogP contribution in [0.2, 0.25) is 0 Å². The first-order chi connectivity index (χ1) is 10.1. The Morgan fingerprint density at radius 1 is 0.810 bits per heavy atom. The van der Waals surface area contributed by atoms with Gasteiger partial charge in [-0.05, 0) is 22.9 Å². The van der Waals surface area contributed by atoms with E-state index < -0.39 is 11.6 Å². The standard InChI is InChI=1S/C17H8F2O2/c18-12-7-11-15(8-13(12)19)21-14-6-5-9-3-1-2-4-10(9)16(14)17(11)20/h1-8H. The summed E-state index contributed by atoms with van der Waals surface area (Å²) in [5.74, 6) is -2.10. The summed E-state index contributed by atoms with van der Waals surface area (Å²) in [7, 11) is 0. The first-order valence-electron chi connectivity index (χ1n) is 6.38. The summed E-state index contributed by atoms with van der Waals surface area (Å²) in [5, 5.41) is 2.04. The minimum Gasteiger partial charge on any atom is -0.456 e. The maximum absolute atomic E-state index is 13.4. The summed E-state index contributed by atoms with van der Waals surface area (Å²) < 4.78 is 32.2. The molecule has 21 heavy (non-hydrogen) atoms. The summed E-state index contributed by atoms with van der Waals surface area (Å²) in [5.41, 5.74) is 0.0424. The van der Waals surface area contributed by atoms with E-state index in [-0.39, 0.29) is 16.4 Å². The molecule has 1 heterocycles. The Labute approximate surface area is 117 Å². The van der Waals surface area contributed by atoms with Gasteiger partial charge in [-0.25, -0.2) is 8.78 Å². The van der Waals surface area contributed by atoms with Gasteiger partial charge in [-0.15, -0.1) is 0 Å². The topological polar surface area (TPSA) is 30.2 Å². The Bertz CT molecular complexity index is 1080. The second-order valence-electron chi connectivity index (χ2n) is 4.85. The number of rotatable bonds is 0. The lowest BCUT2D eigenvalue weighted by Gasteiger charge is -2.05. The quantitative estimate of drug-likeness (QED) is 0.354.